The van der Waals surface area contributed by atoms with Gasteiger partial charge in [0.1, 0.15) is 10.9 Å². The van der Waals surface area contributed by atoms with E-state index < -0.39 is 17.1 Å². The predicted molar refractivity (Wildman–Crippen MR) is 104 cm³/mol. The molecule has 3 rings (SSSR count). The van der Waals surface area contributed by atoms with Crippen LogP contribution in [0.5, 0.6) is 0 Å². The molecule has 0 aromatic heterocycles. The lowest BCUT2D eigenvalue weighted by molar-refractivity contribution is -0.119. The molecule has 1 aliphatic rings. The molecule has 1 atom stereocenters. The molecular formula is C19H14FN3OS2. The lowest BCUT2D eigenvalue weighted by atomic mass is 9.81. The van der Waals surface area contributed by atoms with E-state index in [0.717, 1.165) is 4.90 Å². The third-order valence-electron chi connectivity index (χ3n) is 4.04. The average molecular weight is 383 g/mol. The van der Waals surface area contributed by atoms with Gasteiger partial charge >= 0.3 is 0 Å². The van der Waals surface area contributed by atoms with E-state index in [-0.39, 0.29) is 5.84 Å². The van der Waals surface area contributed by atoms with E-state index in [9.17, 15) is 14.4 Å². The number of carbonyl (C=O) groups excluding carboxylic acids is 1. The monoisotopic (exact) mass is 383 g/mol. The van der Waals surface area contributed by atoms with Crippen LogP contribution in [0.3, 0.4) is 0 Å². The summed E-state index contributed by atoms with van der Waals surface area (Å²) in [7, 11) is 0. The number of nitrogens with zero attached hydrogens (tertiary/aromatic N) is 3. The average Bonchev–Trinajstić information content (AvgIpc) is 2.68. The summed E-state index contributed by atoms with van der Waals surface area (Å²) in [4.78, 5) is 22.6. The minimum Gasteiger partial charge on any atom is -0.270 e. The van der Waals surface area contributed by atoms with Crippen LogP contribution in [-0.2, 0) is 10.2 Å². The van der Waals surface area contributed by atoms with Crippen molar-refractivity contribution >= 4 is 40.3 Å². The first-order chi connectivity index (χ1) is 12.5. The molecule has 0 radical (unpaired) electrons. The molecule has 0 aliphatic carbocycles. The fourth-order valence-corrected chi connectivity index (χ4v) is 3.79. The lowest BCUT2D eigenvalue weighted by Crippen LogP contribution is -2.43. The van der Waals surface area contributed by atoms with Crippen LogP contribution in [0, 0.1) is 17.1 Å². The Morgan fingerprint density at radius 1 is 1.00 bits per heavy atom. The minimum absolute atomic E-state index is 0.278. The molecule has 0 saturated heterocycles. The van der Waals surface area contributed by atoms with Crippen molar-refractivity contribution < 1.29 is 9.18 Å². The molecule has 4 nitrogen and oxygen atoms in total. The Labute approximate surface area is 159 Å². The van der Waals surface area contributed by atoms with Gasteiger partial charge in [-0.25, -0.2) is 9.38 Å². The minimum atomic E-state index is -1.64. The van der Waals surface area contributed by atoms with E-state index in [1.165, 1.54) is 36.0 Å². The molecule has 2 aromatic rings. The number of aliphatic imine (C=N–C) groups is 2. The number of halogens is 1. The van der Waals surface area contributed by atoms with E-state index in [1.54, 1.807) is 18.0 Å². The molecule has 130 valence electrons. The van der Waals surface area contributed by atoms with Gasteiger partial charge in [-0.15, -0.1) is 23.5 Å². The van der Waals surface area contributed by atoms with E-state index in [2.05, 4.69) is 16.1 Å². The fraction of sp³-hybridized carbons (Fsp3) is 0.158. The van der Waals surface area contributed by atoms with Crippen LogP contribution in [0.4, 0.5) is 4.39 Å². The normalized spacial score (nSPS) is 19.5. The van der Waals surface area contributed by atoms with Crippen LogP contribution < -0.4 is 0 Å². The molecule has 1 aliphatic heterocycles. The van der Waals surface area contributed by atoms with Crippen molar-refractivity contribution in [2.45, 2.75) is 10.3 Å². The number of nitriles is 1. The van der Waals surface area contributed by atoms with Gasteiger partial charge in [0.25, 0.3) is 5.91 Å². The quantitative estimate of drug-likeness (QED) is 0.750. The largest absolute Gasteiger partial charge is 0.279 e. The van der Waals surface area contributed by atoms with E-state index in [1.807, 2.05) is 30.5 Å². The molecule has 0 saturated carbocycles. The zero-order valence-electron chi connectivity index (χ0n) is 14.1. The van der Waals surface area contributed by atoms with E-state index in [0.29, 0.717) is 16.2 Å². The highest BCUT2D eigenvalue weighted by Crippen LogP contribution is 2.35. The van der Waals surface area contributed by atoms with Gasteiger partial charge in [-0.3, -0.25) is 4.79 Å². The molecule has 0 fully saturated rings. The topological polar surface area (TPSA) is 65.6 Å². The van der Waals surface area contributed by atoms with Crippen LogP contribution in [-0.4, -0.2) is 29.3 Å². The summed E-state index contributed by atoms with van der Waals surface area (Å²) in [5.41, 5.74) is -0.580. The Kier molecular flexibility index (Phi) is 5.25. The number of hydrogen-bond donors (Lipinski definition) is 0. The molecule has 2 aromatic carbocycles. The lowest BCUT2D eigenvalue weighted by Gasteiger charge is -2.27. The second-order valence-corrected chi connectivity index (χ2v) is 7.13. The summed E-state index contributed by atoms with van der Waals surface area (Å²) in [6.07, 6.45) is 3.73. The number of rotatable bonds is 3. The van der Waals surface area contributed by atoms with Gasteiger partial charge in [0.05, 0.1) is 6.07 Å². The van der Waals surface area contributed by atoms with Crippen molar-refractivity contribution in [3.8, 4) is 6.07 Å². The number of amides is 1. The summed E-state index contributed by atoms with van der Waals surface area (Å²) in [6.45, 7) is 0. The van der Waals surface area contributed by atoms with E-state index in [4.69, 9.17) is 0 Å². The van der Waals surface area contributed by atoms with Crippen LogP contribution in [0.2, 0.25) is 0 Å². The van der Waals surface area contributed by atoms with Gasteiger partial charge in [-0.1, -0.05) is 24.3 Å². The molecule has 0 N–H and O–H groups in total. The van der Waals surface area contributed by atoms with Gasteiger partial charge in [0.2, 0.25) is 5.41 Å². The number of carbonyl (C=O) groups is 1. The van der Waals surface area contributed by atoms with Crippen molar-refractivity contribution in [3.63, 3.8) is 0 Å². The van der Waals surface area contributed by atoms with Crippen molar-refractivity contribution in [2.75, 3.05) is 12.5 Å². The highest BCUT2D eigenvalue weighted by atomic mass is 32.2. The summed E-state index contributed by atoms with van der Waals surface area (Å²) in [6, 6.07) is 14.9. The summed E-state index contributed by atoms with van der Waals surface area (Å²) >= 11 is 2.83. The first-order valence-electron chi connectivity index (χ1n) is 7.63. The zero-order valence-corrected chi connectivity index (χ0v) is 15.7. The number of thioether (sulfide) groups is 2. The molecule has 1 unspecified atom stereocenters. The zero-order chi connectivity index (χ0) is 18.7. The maximum Gasteiger partial charge on any atom is 0.279 e. The SMILES string of the molecule is CSC1=NC(c2ccc(SC)cc2)=NC(=O)C1(C#N)c1ccc(F)cc1. The van der Waals surface area contributed by atoms with Crippen molar-refractivity contribution in [3.05, 3.63) is 65.5 Å². The molecule has 0 bridgehead atoms. The molecule has 1 heterocycles. The van der Waals surface area contributed by atoms with Crippen LogP contribution in [0.15, 0.2) is 63.4 Å². The van der Waals surface area contributed by atoms with Crippen LogP contribution in [0.1, 0.15) is 11.1 Å². The van der Waals surface area contributed by atoms with Crippen LogP contribution in [0.25, 0.3) is 0 Å². The van der Waals surface area contributed by atoms with Gasteiger partial charge < -0.3 is 0 Å². The fourth-order valence-electron chi connectivity index (χ4n) is 2.65. The Morgan fingerprint density at radius 2 is 1.65 bits per heavy atom. The van der Waals surface area contributed by atoms with Crippen molar-refractivity contribution in [1.82, 2.24) is 0 Å². The molecule has 26 heavy (non-hydrogen) atoms. The number of benzene rings is 2. The summed E-state index contributed by atoms with van der Waals surface area (Å²) < 4.78 is 13.3. The van der Waals surface area contributed by atoms with Gasteiger partial charge in [0.15, 0.2) is 5.84 Å². The van der Waals surface area contributed by atoms with Gasteiger partial charge in [-0.2, -0.15) is 10.3 Å². The maximum absolute atomic E-state index is 13.3. The maximum atomic E-state index is 13.3. The third kappa shape index (κ3) is 3.06. The predicted octanol–water partition coefficient (Wildman–Crippen LogP) is 4.06. The smallest absolute Gasteiger partial charge is 0.270 e. The van der Waals surface area contributed by atoms with Crippen molar-refractivity contribution in [2.24, 2.45) is 9.98 Å². The molecule has 0 spiro atoms. The van der Waals surface area contributed by atoms with Gasteiger partial charge in [-0.05, 0) is 42.3 Å². The van der Waals surface area contributed by atoms with Crippen molar-refractivity contribution in [1.29, 1.82) is 5.26 Å². The standard InChI is InChI=1S/C19H14FN3OS2/c1-25-15-9-3-12(4-10-15)16-22-17(24)19(11-21,18(23-16)26-2)13-5-7-14(20)8-6-13/h3-10H,1-2H3. The highest BCUT2D eigenvalue weighted by molar-refractivity contribution is 8.13. The number of hydrogen-bond acceptors (Lipinski definition) is 5. The number of amidine groups is 1. The molecule has 7 heteroatoms. The Morgan fingerprint density at radius 3 is 2.19 bits per heavy atom. The highest BCUT2D eigenvalue weighted by Gasteiger charge is 2.48. The second kappa shape index (κ2) is 7.44. The molecular weight excluding hydrogens is 369 g/mol. The summed E-state index contributed by atoms with van der Waals surface area (Å²) in [5.74, 6) is -0.777. The Bertz CT molecular complexity index is 946. The second-order valence-electron chi connectivity index (χ2n) is 5.46. The van der Waals surface area contributed by atoms with E-state index >= 15 is 0 Å². The molecule has 1 amide bonds. The third-order valence-corrected chi connectivity index (χ3v) is 5.57. The Hall–Kier alpha value is -2.43. The Balaban J connectivity index is 2.10. The van der Waals surface area contributed by atoms with Crippen LogP contribution >= 0.6 is 23.5 Å². The summed E-state index contributed by atoms with van der Waals surface area (Å²) in [5, 5.41) is 10.2. The van der Waals surface area contributed by atoms with Gasteiger partial charge in [0, 0.05) is 10.5 Å². The first-order valence-corrected chi connectivity index (χ1v) is 10.1. The first kappa shape index (κ1) is 18.4.